The number of aliphatic imine (C=N–C) groups is 2. The van der Waals surface area contributed by atoms with Crippen molar-refractivity contribution in [3.05, 3.63) is 69.5 Å². The largest absolute Gasteiger partial charge is 0.438 e. The van der Waals surface area contributed by atoms with Crippen molar-refractivity contribution in [3.8, 4) is 17.6 Å². The molecular formula is C35H51N3O. The molecule has 0 aliphatic carbocycles. The van der Waals surface area contributed by atoms with E-state index in [1.165, 1.54) is 11.1 Å². The Hall–Kier alpha value is -3.16. The van der Waals surface area contributed by atoms with Crippen LogP contribution in [0.15, 0.2) is 68.3 Å². The molecule has 0 radical (unpaired) electrons. The van der Waals surface area contributed by atoms with Gasteiger partial charge in [-0.3, -0.25) is 4.99 Å². The highest BCUT2D eigenvalue weighted by molar-refractivity contribution is 5.93. The Balaban J connectivity index is 3.92. The molecule has 0 aliphatic heterocycles. The highest BCUT2D eigenvalue weighted by atomic mass is 16.5. The van der Waals surface area contributed by atoms with Gasteiger partial charge >= 0.3 is 0 Å². The number of unbranched alkanes of at least 4 members (excludes halogenated alkanes) is 1. The van der Waals surface area contributed by atoms with Crippen LogP contribution in [0.25, 0.3) is 5.70 Å². The highest BCUT2D eigenvalue weighted by Crippen LogP contribution is 2.32. The zero-order chi connectivity index (χ0) is 29.4. The molecular weight excluding hydrogens is 478 g/mol. The maximum Gasteiger partial charge on any atom is 0.219 e. The average Bonchev–Trinajstić information content (AvgIpc) is 2.94. The normalized spacial score (nSPS) is 15.0. The minimum Gasteiger partial charge on any atom is -0.438 e. The van der Waals surface area contributed by atoms with Crippen LogP contribution >= 0.6 is 0 Å². The van der Waals surface area contributed by atoms with E-state index in [0.717, 1.165) is 65.8 Å². The van der Waals surface area contributed by atoms with Gasteiger partial charge in [-0.05, 0) is 102 Å². The maximum absolute atomic E-state index is 6.68. The molecule has 39 heavy (non-hydrogen) atoms. The molecule has 2 N–H and O–H groups in total. The summed E-state index contributed by atoms with van der Waals surface area (Å²) in [7, 11) is 0. The first-order valence-corrected chi connectivity index (χ1v) is 14.5. The van der Waals surface area contributed by atoms with Crippen molar-refractivity contribution in [1.29, 1.82) is 0 Å². The first kappa shape index (κ1) is 33.9. The second kappa shape index (κ2) is 18.2. The quantitative estimate of drug-likeness (QED) is 0.166. The fourth-order valence-electron chi connectivity index (χ4n) is 3.51. The summed E-state index contributed by atoms with van der Waals surface area (Å²) < 4.78 is 6.68. The van der Waals surface area contributed by atoms with Crippen molar-refractivity contribution in [2.24, 2.45) is 21.6 Å². The van der Waals surface area contributed by atoms with E-state index in [1.54, 1.807) is 0 Å². The number of hydrogen-bond acceptors (Lipinski definition) is 4. The predicted molar refractivity (Wildman–Crippen MR) is 172 cm³/mol. The van der Waals surface area contributed by atoms with Gasteiger partial charge in [-0.15, -0.1) is 0 Å². The Morgan fingerprint density at radius 2 is 1.74 bits per heavy atom. The first-order valence-electron chi connectivity index (χ1n) is 14.5. The smallest absolute Gasteiger partial charge is 0.219 e. The van der Waals surface area contributed by atoms with Gasteiger partial charge in [0.25, 0.3) is 0 Å². The number of allylic oxidation sites excluding steroid dienone is 5. The molecule has 0 saturated carbocycles. The zero-order valence-corrected chi connectivity index (χ0v) is 26.2. The predicted octanol–water partition coefficient (Wildman–Crippen LogP) is 9.43. The average molecular weight is 530 g/mol. The molecule has 1 aromatic carbocycles. The summed E-state index contributed by atoms with van der Waals surface area (Å²) in [5.74, 6) is 8.26. The summed E-state index contributed by atoms with van der Waals surface area (Å²) in [6.07, 6.45) is 10.7. The van der Waals surface area contributed by atoms with Gasteiger partial charge in [-0.2, -0.15) is 0 Å². The van der Waals surface area contributed by atoms with Gasteiger partial charge in [0.1, 0.15) is 5.75 Å². The van der Waals surface area contributed by atoms with Gasteiger partial charge < -0.3 is 10.5 Å². The van der Waals surface area contributed by atoms with Crippen molar-refractivity contribution in [3.63, 3.8) is 0 Å². The molecule has 1 atom stereocenters. The second-order valence-corrected chi connectivity index (χ2v) is 10.0. The third-order valence-corrected chi connectivity index (χ3v) is 7.13. The molecule has 0 saturated heterocycles. The van der Waals surface area contributed by atoms with Crippen LogP contribution in [0.5, 0.6) is 5.75 Å². The Morgan fingerprint density at radius 1 is 1.05 bits per heavy atom. The van der Waals surface area contributed by atoms with Crippen molar-refractivity contribution in [2.75, 3.05) is 6.54 Å². The van der Waals surface area contributed by atoms with E-state index in [-0.39, 0.29) is 0 Å². The number of nitrogens with two attached hydrogens (primary N) is 1. The van der Waals surface area contributed by atoms with Crippen molar-refractivity contribution >= 4 is 17.8 Å². The molecule has 0 spiro atoms. The molecule has 4 nitrogen and oxygen atoms in total. The minimum atomic E-state index is 0.430. The molecule has 4 heteroatoms. The number of benzene rings is 1. The summed E-state index contributed by atoms with van der Waals surface area (Å²) in [5.41, 5.74) is 14.2. The summed E-state index contributed by atoms with van der Waals surface area (Å²) in [4.78, 5) is 9.86. The summed E-state index contributed by atoms with van der Waals surface area (Å²) in [6, 6.07) is 6.13. The fraction of sp³-hybridized carbons (Fsp3) is 0.486. The Labute approximate surface area is 238 Å². The van der Waals surface area contributed by atoms with Crippen LogP contribution in [-0.2, 0) is 0 Å². The van der Waals surface area contributed by atoms with Crippen LogP contribution < -0.4 is 10.5 Å². The molecule has 0 aliphatic rings. The first-order chi connectivity index (χ1) is 18.6. The van der Waals surface area contributed by atoms with Crippen LogP contribution in [0.4, 0.5) is 0 Å². The van der Waals surface area contributed by atoms with E-state index in [4.69, 9.17) is 20.5 Å². The van der Waals surface area contributed by atoms with Crippen molar-refractivity contribution < 1.29 is 4.74 Å². The standard InChI is InChI=1S/C35H51N3O/c1-11-16-17-18-31-19-20-32(35(27(8)14-4)37-24-30(15-5)23-36)33(22-31)39-34(21-28(9)25(6)12-2)38-29(10)26(7)13-3/h15,19-22,24-25H,11-14,16,23,36H2,1-10H3/b28-21+,29-26+,30-15-,35-27+,37-24+,38-34+. The second-order valence-electron chi connectivity index (χ2n) is 10.0. The number of rotatable bonds is 12. The Bertz CT molecular complexity index is 1200. The van der Waals surface area contributed by atoms with Crippen LogP contribution in [0, 0.1) is 17.8 Å². The van der Waals surface area contributed by atoms with Gasteiger partial charge in [-0.1, -0.05) is 63.7 Å². The summed E-state index contributed by atoms with van der Waals surface area (Å²) in [5, 5.41) is 0. The Morgan fingerprint density at radius 3 is 2.31 bits per heavy atom. The molecule has 1 unspecified atom stereocenters. The monoisotopic (exact) mass is 529 g/mol. The molecule has 0 aromatic heterocycles. The topological polar surface area (TPSA) is 60.0 Å². The van der Waals surface area contributed by atoms with Gasteiger partial charge in [0.05, 0.1) is 5.70 Å². The molecule has 212 valence electrons. The minimum absolute atomic E-state index is 0.430. The lowest BCUT2D eigenvalue weighted by molar-refractivity contribution is 0.549. The lowest BCUT2D eigenvalue weighted by Gasteiger charge is -2.16. The van der Waals surface area contributed by atoms with Gasteiger partial charge in [0.2, 0.25) is 5.90 Å². The molecule has 0 bridgehead atoms. The van der Waals surface area contributed by atoms with E-state index < -0.39 is 0 Å². The highest BCUT2D eigenvalue weighted by Gasteiger charge is 2.15. The number of nitrogens with zero attached hydrogens (tertiary/aromatic N) is 2. The summed E-state index contributed by atoms with van der Waals surface area (Å²) >= 11 is 0. The van der Waals surface area contributed by atoms with E-state index in [9.17, 15) is 0 Å². The van der Waals surface area contributed by atoms with Crippen LogP contribution in [0.3, 0.4) is 0 Å². The molecule has 0 heterocycles. The SMILES string of the molecule is C\C=C(/C=N/C(=C(\C)CC)c1ccc(C#CCCC)cc1OC(/C=C(\C)C(C)CC)=N/C(C)=C(\C)CC)CN. The fourth-order valence-corrected chi connectivity index (χ4v) is 3.51. The maximum atomic E-state index is 6.68. The Kier molecular flexibility index (Phi) is 15.8. The van der Waals surface area contributed by atoms with Crippen LogP contribution in [0.2, 0.25) is 0 Å². The van der Waals surface area contributed by atoms with Crippen molar-refractivity contribution in [2.45, 2.75) is 101 Å². The van der Waals surface area contributed by atoms with Gasteiger partial charge in [0.15, 0.2) is 0 Å². The third kappa shape index (κ3) is 11.2. The summed E-state index contributed by atoms with van der Waals surface area (Å²) in [6.45, 7) is 21.7. The van der Waals surface area contributed by atoms with E-state index in [2.05, 4.69) is 79.4 Å². The third-order valence-electron chi connectivity index (χ3n) is 7.13. The lowest BCUT2D eigenvalue weighted by atomic mass is 10.00. The van der Waals surface area contributed by atoms with Gasteiger partial charge in [-0.25, -0.2) is 4.99 Å². The van der Waals surface area contributed by atoms with Gasteiger partial charge in [0, 0.05) is 36.0 Å². The van der Waals surface area contributed by atoms with Crippen LogP contribution in [0.1, 0.15) is 112 Å². The van der Waals surface area contributed by atoms with Crippen LogP contribution in [-0.4, -0.2) is 18.7 Å². The molecule has 1 aromatic rings. The molecule has 1 rings (SSSR count). The van der Waals surface area contributed by atoms with E-state index in [0.29, 0.717) is 24.1 Å². The number of ether oxygens (including phenoxy) is 1. The lowest BCUT2D eigenvalue weighted by Crippen LogP contribution is -2.10. The number of hydrogen-bond donors (Lipinski definition) is 1. The zero-order valence-electron chi connectivity index (χ0n) is 26.2. The molecule has 0 amide bonds. The van der Waals surface area contributed by atoms with E-state index >= 15 is 0 Å². The van der Waals surface area contributed by atoms with E-state index in [1.807, 2.05) is 38.3 Å². The van der Waals surface area contributed by atoms with Crippen molar-refractivity contribution in [1.82, 2.24) is 0 Å². The molecule has 0 fully saturated rings.